The molecule has 3 aromatic rings. The van der Waals surface area contributed by atoms with Gasteiger partial charge in [-0.1, -0.05) is 48.0 Å². The molecule has 0 aliphatic rings. The van der Waals surface area contributed by atoms with Crippen molar-refractivity contribution in [3.63, 3.8) is 0 Å². The largest absolute Gasteiger partial charge is 0.490 e. The van der Waals surface area contributed by atoms with E-state index in [0.29, 0.717) is 13.2 Å². The molecule has 3 aromatic carbocycles. The summed E-state index contributed by atoms with van der Waals surface area (Å²) < 4.78 is 24.7. The van der Waals surface area contributed by atoms with Crippen LogP contribution in [0.1, 0.15) is 29.2 Å². The topological polar surface area (TPSA) is 30.5 Å². The maximum atomic E-state index is 13.0. The van der Waals surface area contributed by atoms with Gasteiger partial charge in [0.05, 0.1) is 6.61 Å². The normalized spacial score (nSPS) is 10.4. The Morgan fingerprint density at radius 2 is 1.47 bits per heavy atom. The van der Waals surface area contributed by atoms with Crippen LogP contribution >= 0.6 is 12.4 Å². The highest BCUT2D eigenvalue weighted by atomic mass is 35.5. The molecule has 0 aliphatic heterocycles. The molecule has 0 aromatic heterocycles. The Morgan fingerprint density at radius 1 is 0.800 bits per heavy atom. The highest BCUT2D eigenvalue weighted by Crippen LogP contribution is 2.29. The quantitative estimate of drug-likeness (QED) is 0.409. The third-order valence-corrected chi connectivity index (χ3v) is 4.66. The minimum atomic E-state index is -0.199. The fourth-order valence-electron chi connectivity index (χ4n) is 3.01. The fraction of sp³-hybridized carbons (Fsp3) is 0.280. The van der Waals surface area contributed by atoms with Gasteiger partial charge in [-0.15, -0.1) is 12.4 Å². The zero-order valence-corrected chi connectivity index (χ0v) is 18.3. The van der Waals surface area contributed by atoms with Gasteiger partial charge in [0.15, 0.2) is 11.5 Å². The zero-order valence-electron chi connectivity index (χ0n) is 17.5. The molecule has 3 nitrogen and oxygen atoms in total. The van der Waals surface area contributed by atoms with Crippen LogP contribution in [-0.2, 0) is 19.6 Å². The van der Waals surface area contributed by atoms with Crippen LogP contribution in [0.2, 0.25) is 0 Å². The summed E-state index contributed by atoms with van der Waals surface area (Å²) in [6, 6.07) is 21.0. The Kier molecular flexibility index (Phi) is 9.65. The molecule has 0 saturated carbocycles. The van der Waals surface area contributed by atoms with Crippen LogP contribution in [-0.4, -0.2) is 13.2 Å². The molecular weight excluding hydrogens is 401 g/mol. The first-order valence-electron chi connectivity index (χ1n) is 10.0. The van der Waals surface area contributed by atoms with Crippen LogP contribution in [0, 0.1) is 12.7 Å². The van der Waals surface area contributed by atoms with E-state index < -0.39 is 0 Å². The minimum absolute atomic E-state index is 0. The molecule has 0 bridgehead atoms. The molecule has 1 N–H and O–H groups in total. The summed E-state index contributed by atoms with van der Waals surface area (Å²) in [5, 5.41) is 3.43. The van der Waals surface area contributed by atoms with Crippen LogP contribution in [0.25, 0.3) is 0 Å². The lowest BCUT2D eigenvalue weighted by molar-refractivity contribution is 0.269. The van der Waals surface area contributed by atoms with Gasteiger partial charge in [0.1, 0.15) is 12.4 Å². The highest BCUT2D eigenvalue weighted by Gasteiger charge is 2.07. The summed E-state index contributed by atoms with van der Waals surface area (Å²) in [6.07, 6.45) is 0.857. The average molecular weight is 430 g/mol. The van der Waals surface area contributed by atoms with Gasteiger partial charge in [-0.2, -0.15) is 0 Å². The Morgan fingerprint density at radius 3 is 2.17 bits per heavy atom. The van der Waals surface area contributed by atoms with Gasteiger partial charge in [-0.25, -0.2) is 4.39 Å². The third-order valence-electron chi connectivity index (χ3n) is 4.66. The van der Waals surface area contributed by atoms with E-state index in [1.165, 1.54) is 17.7 Å². The van der Waals surface area contributed by atoms with Crippen molar-refractivity contribution in [1.29, 1.82) is 0 Å². The van der Waals surface area contributed by atoms with Crippen LogP contribution in [0.15, 0.2) is 66.7 Å². The smallest absolute Gasteiger partial charge is 0.161 e. The van der Waals surface area contributed by atoms with Gasteiger partial charge in [-0.05, 0) is 67.8 Å². The summed E-state index contributed by atoms with van der Waals surface area (Å²) in [4.78, 5) is 0. The maximum Gasteiger partial charge on any atom is 0.161 e. The molecular formula is C25H29ClFNO2. The van der Waals surface area contributed by atoms with Crippen molar-refractivity contribution in [3.8, 4) is 11.5 Å². The number of aryl methyl sites for hydroxylation is 1. The van der Waals surface area contributed by atoms with Gasteiger partial charge >= 0.3 is 0 Å². The molecule has 0 radical (unpaired) electrons. The molecule has 0 amide bonds. The first-order valence-corrected chi connectivity index (χ1v) is 10.0. The van der Waals surface area contributed by atoms with Crippen LogP contribution in [0.5, 0.6) is 11.5 Å². The summed E-state index contributed by atoms with van der Waals surface area (Å²) in [5.74, 6) is 1.31. The van der Waals surface area contributed by atoms with E-state index >= 15 is 0 Å². The van der Waals surface area contributed by atoms with Crippen molar-refractivity contribution in [2.75, 3.05) is 13.2 Å². The Hall–Kier alpha value is -2.56. The zero-order chi connectivity index (χ0) is 20.5. The molecule has 160 valence electrons. The molecule has 0 aliphatic carbocycles. The standard InChI is InChI=1S/C25H28FNO2.ClH/c1-3-28-25-16-22(17-27-15-14-20-8-11-23(26)12-9-20)10-13-24(25)29-18-21-6-4-19(2)5-7-21;/h4-13,16,27H,3,14-15,17-18H2,1-2H3;1H. The van der Waals surface area contributed by atoms with Crippen molar-refractivity contribution in [2.45, 2.75) is 33.4 Å². The molecule has 3 rings (SSSR count). The Bertz CT molecular complexity index is 898. The molecule has 0 atom stereocenters. The van der Waals surface area contributed by atoms with Gasteiger partial charge in [0, 0.05) is 6.54 Å². The predicted molar refractivity (Wildman–Crippen MR) is 122 cm³/mol. The van der Waals surface area contributed by atoms with Crippen molar-refractivity contribution in [3.05, 3.63) is 94.8 Å². The molecule has 0 saturated heterocycles. The molecule has 5 heteroatoms. The summed E-state index contributed by atoms with van der Waals surface area (Å²) >= 11 is 0. The van der Waals surface area contributed by atoms with Crippen LogP contribution < -0.4 is 14.8 Å². The highest BCUT2D eigenvalue weighted by molar-refractivity contribution is 5.85. The van der Waals surface area contributed by atoms with Crippen molar-refractivity contribution in [1.82, 2.24) is 5.32 Å². The van der Waals surface area contributed by atoms with Crippen LogP contribution in [0.4, 0.5) is 4.39 Å². The average Bonchev–Trinajstić information content (AvgIpc) is 2.73. The SMILES string of the molecule is CCOc1cc(CNCCc2ccc(F)cc2)ccc1OCc1ccc(C)cc1.Cl. The van der Waals surface area contributed by atoms with Crippen LogP contribution in [0.3, 0.4) is 0 Å². The summed E-state index contributed by atoms with van der Waals surface area (Å²) in [5.41, 5.74) is 4.62. The molecule has 30 heavy (non-hydrogen) atoms. The van der Waals surface area contributed by atoms with E-state index in [9.17, 15) is 4.39 Å². The molecule has 0 fully saturated rings. The number of benzene rings is 3. The number of ether oxygens (including phenoxy) is 2. The Balaban J connectivity index is 0.00000320. The lowest BCUT2D eigenvalue weighted by Crippen LogP contribution is -2.16. The minimum Gasteiger partial charge on any atom is -0.490 e. The molecule has 0 heterocycles. The number of halogens is 2. The Labute approximate surface area is 184 Å². The van der Waals surface area contributed by atoms with E-state index in [1.807, 2.05) is 31.2 Å². The van der Waals surface area contributed by atoms with Gasteiger partial charge < -0.3 is 14.8 Å². The van der Waals surface area contributed by atoms with Crippen molar-refractivity contribution < 1.29 is 13.9 Å². The second-order valence-corrected chi connectivity index (χ2v) is 7.04. The number of rotatable bonds is 10. The first kappa shape index (κ1) is 23.7. The lowest BCUT2D eigenvalue weighted by Gasteiger charge is -2.14. The maximum absolute atomic E-state index is 13.0. The summed E-state index contributed by atoms with van der Waals surface area (Å²) in [7, 11) is 0. The number of hydrogen-bond acceptors (Lipinski definition) is 3. The van der Waals surface area contributed by atoms with Gasteiger partial charge in [-0.3, -0.25) is 0 Å². The molecule has 0 unspecified atom stereocenters. The first-order chi connectivity index (χ1) is 14.1. The van der Waals surface area contributed by atoms with Gasteiger partial charge in [0.2, 0.25) is 0 Å². The second kappa shape index (κ2) is 12.2. The van der Waals surface area contributed by atoms with E-state index in [0.717, 1.165) is 47.7 Å². The van der Waals surface area contributed by atoms with Gasteiger partial charge in [0.25, 0.3) is 0 Å². The molecule has 0 spiro atoms. The second-order valence-electron chi connectivity index (χ2n) is 7.04. The number of hydrogen-bond donors (Lipinski definition) is 1. The summed E-state index contributed by atoms with van der Waals surface area (Å²) in [6.45, 7) is 6.69. The van der Waals surface area contributed by atoms with Crippen molar-refractivity contribution in [2.24, 2.45) is 0 Å². The fourth-order valence-corrected chi connectivity index (χ4v) is 3.01. The monoisotopic (exact) mass is 429 g/mol. The van der Waals surface area contributed by atoms with E-state index in [4.69, 9.17) is 9.47 Å². The van der Waals surface area contributed by atoms with Crippen molar-refractivity contribution >= 4 is 12.4 Å². The third kappa shape index (κ3) is 7.36. The van der Waals surface area contributed by atoms with E-state index in [-0.39, 0.29) is 18.2 Å². The number of nitrogens with one attached hydrogen (secondary N) is 1. The van der Waals surface area contributed by atoms with E-state index in [2.05, 4.69) is 42.6 Å². The predicted octanol–water partition coefficient (Wildman–Crippen LogP) is 5.87. The van der Waals surface area contributed by atoms with E-state index in [1.54, 1.807) is 0 Å². The lowest BCUT2D eigenvalue weighted by atomic mass is 10.1.